The van der Waals surface area contributed by atoms with E-state index < -0.39 is 50.6 Å². The van der Waals surface area contributed by atoms with Gasteiger partial charge in [0.1, 0.15) is 41.5 Å². The zero-order valence-corrected chi connectivity index (χ0v) is 20.7. The highest BCUT2D eigenvalue weighted by atomic mass is 31.2. The highest BCUT2D eigenvalue weighted by Gasteiger charge is 2.53. The molecule has 2 aliphatic heterocycles. The third-order valence-corrected chi connectivity index (χ3v) is 7.57. The molecule has 0 aliphatic carbocycles. The van der Waals surface area contributed by atoms with Crippen LogP contribution in [-0.2, 0) is 34.3 Å². The minimum atomic E-state index is -4.20. The number of nitrogen functional groups attached to an aromatic ring is 1. The second-order valence-electron chi connectivity index (χ2n) is 8.66. The largest absolute Gasteiger partial charge is 0.482 e. The van der Waals surface area contributed by atoms with Gasteiger partial charge in [-0.05, 0) is 17.7 Å². The summed E-state index contributed by atoms with van der Waals surface area (Å²) in [6.07, 6.45) is -1.49. The average Bonchev–Trinajstić information content (AvgIpc) is 3.47. The molecule has 1 aromatic carbocycles. The van der Waals surface area contributed by atoms with Crippen molar-refractivity contribution in [3.63, 3.8) is 0 Å². The van der Waals surface area contributed by atoms with Crippen molar-refractivity contribution >= 4 is 41.7 Å². The summed E-state index contributed by atoms with van der Waals surface area (Å²) >= 11 is 0. The first-order chi connectivity index (χ1) is 18.7. The quantitative estimate of drug-likeness (QED) is 0.211. The molecule has 6 rings (SSSR count). The van der Waals surface area contributed by atoms with Gasteiger partial charge in [-0.1, -0.05) is 0 Å². The lowest BCUT2D eigenvalue weighted by Gasteiger charge is -2.30. The molecule has 17 heteroatoms. The van der Waals surface area contributed by atoms with Gasteiger partial charge in [-0.15, -0.1) is 0 Å². The van der Waals surface area contributed by atoms with Crippen LogP contribution in [0.15, 0.2) is 46.1 Å². The monoisotopic (exact) mass is 561 g/mol. The number of ether oxygens (including phenoxy) is 2. The number of phosphoric acid groups is 1. The molecule has 5 atom stereocenters. The molecule has 39 heavy (non-hydrogen) atoms. The highest BCUT2D eigenvalue weighted by molar-refractivity contribution is 7.48. The van der Waals surface area contributed by atoms with E-state index in [0.29, 0.717) is 22.1 Å². The van der Waals surface area contributed by atoms with Gasteiger partial charge in [0, 0.05) is 17.5 Å². The number of benzene rings is 1. The number of carboxylic acids is 1. The zero-order valence-electron chi connectivity index (χ0n) is 19.8. The van der Waals surface area contributed by atoms with E-state index in [-0.39, 0.29) is 30.4 Å². The number of nitrogens with two attached hydrogens (primary N) is 1. The molecule has 0 spiro atoms. The van der Waals surface area contributed by atoms with Crippen LogP contribution in [-0.4, -0.2) is 67.2 Å². The number of carbonyl (C=O) groups is 1. The first-order valence-corrected chi connectivity index (χ1v) is 12.9. The predicted octanol–water partition coefficient (Wildman–Crippen LogP) is 0.977. The Hall–Kier alpha value is -3.92. The van der Waals surface area contributed by atoms with Crippen molar-refractivity contribution in [2.24, 2.45) is 0 Å². The van der Waals surface area contributed by atoms with Gasteiger partial charge in [0.05, 0.1) is 19.5 Å². The standard InChI is InChI=1S/C22H20N5O11P/c23-20-17-21(25-8-24-20)27(9-26-17)22-18(31)19-14(37-22)6-35-39(32,38-19)34-5-10-3-16(30)36-13-4-11(1-2-12(10)13)33-7-15(28)29/h1-4,8-9,14,18-19,22,31H,5-7H2,(H,28,29)(H2,23,24,25)/t14-,18-,19-,22-,39?/m1/s1. The molecule has 0 radical (unpaired) electrons. The number of aromatic nitrogens is 4. The predicted molar refractivity (Wildman–Crippen MR) is 128 cm³/mol. The van der Waals surface area contributed by atoms with Crippen LogP contribution in [0.2, 0.25) is 0 Å². The third kappa shape index (κ3) is 4.73. The summed E-state index contributed by atoms with van der Waals surface area (Å²) in [7, 11) is -4.20. The van der Waals surface area contributed by atoms with Gasteiger partial charge in [0.15, 0.2) is 24.3 Å². The molecule has 3 aromatic heterocycles. The summed E-state index contributed by atoms with van der Waals surface area (Å²) in [5, 5.41) is 20.2. The van der Waals surface area contributed by atoms with Crippen LogP contribution < -0.4 is 16.1 Å². The second kappa shape index (κ2) is 9.68. The topological polar surface area (TPSA) is 221 Å². The Labute approximate surface area is 217 Å². The fraction of sp³-hybridized carbons (Fsp3) is 0.318. The van der Waals surface area contributed by atoms with Crippen LogP contribution in [0.1, 0.15) is 11.8 Å². The van der Waals surface area contributed by atoms with Crippen molar-refractivity contribution in [3.8, 4) is 5.75 Å². The molecule has 0 amide bonds. The van der Waals surface area contributed by atoms with Crippen LogP contribution >= 0.6 is 7.82 Å². The molecule has 0 bridgehead atoms. The first-order valence-electron chi connectivity index (χ1n) is 11.5. The van der Waals surface area contributed by atoms with E-state index in [4.69, 9.17) is 38.3 Å². The summed E-state index contributed by atoms with van der Waals surface area (Å²) in [6, 6.07) is 5.53. The van der Waals surface area contributed by atoms with Gasteiger partial charge < -0.3 is 29.8 Å². The zero-order chi connectivity index (χ0) is 27.3. The number of hydrogen-bond acceptors (Lipinski definition) is 14. The molecule has 4 N–H and O–H groups in total. The summed E-state index contributed by atoms with van der Waals surface area (Å²) < 4.78 is 47.4. The molecule has 16 nitrogen and oxygen atoms in total. The first kappa shape index (κ1) is 25.4. The maximum absolute atomic E-state index is 13.3. The number of aliphatic carboxylic acids is 1. The molecule has 2 saturated heterocycles. The number of fused-ring (bicyclic) bond motifs is 3. The number of phosphoric ester groups is 1. The van der Waals surface area contributed by atoms with Crippen molar-refractivity contribution < 1.29 is 47.0 Å². The Balaban J connectivity index is 1.18. The lowest BCUT2D eigenvalue weighted by Crippen LogP contribution is -2.39. The fourth-order valence-electron chi connectivity index (χ4n) is 4.39. The Morgan fingerprint density at radius 1 is 1.26 bits per heavy atom. The van der Waals surface area contributed by atoms with Crippen LogP contribution in [0, 0.1) is 0 Å². The van der Waals surface area contributed by atoms with E-state index >= 15 is 0 Å². The van der Waals surface area contributed by atoms with E-state index in [0.717, 1.165) is 6.07 Å². The van der Waals surface area contributed by atoms with Gasteiger partial charge in [-0.3, -0.25) is 18.1 Å². The Kier molecular flexibility index (Phi) is 6.29. The minimum Gasteiger partial charge on any atom is -0.482 e. The lowest BCUT2D eigenvalue weighted by molar-refractivity contribution is -0.139. The molecule has 0 saturated carbocycles. The minimum absolute atomic E-state index is 0.104. The smallest absolute Gasteiger partial charge is 0.475 e. The average molecular weight is 561 g/mol. The molecular formula is C22H20N5O11P. The molecule has 204 valence electrons. The van der Waals surface area contributed by atoms with E-state index in [9.17, 15) is 19.3 Å². The van der Waals surface area contributed by atoms with Crippen LogP contribution in [0.3, 0.4) is 0 Å². The summed E-state index contributed by atoms with van der Waals surface area (Å²) in [5.41, 5.74) is 6.18. The van der Waals surface area contributed by atoms with E-state index in [1.54, 1.807) is 0 Å². The Morgan fingerprint density at radius 3 is 2.92 bits per heavy atom. The van der Waals surface area contributed by atoms with E-state index in [1.165, 1.54) is 35.4 Å². The molecular weight excluding hydrogens is 541 g/mol. The molecule has 1 unspecified atom stereocenters. The molecule has 5 heterocycles. The number of hydrogen-bond donors (Lipinski definition) is 3. The Morgan fingerprint density at radius 2 is 2.10 bits per heavy atom. The van der Waals surface area contributed by atoms with Crippen molar-refractivity contribution in [1.29, 1.82) is 0 Å². The maximum atomic E-state index is 13.3. The molecule has 2 fully saturated rings. The Bertz CT molecular complexity index is 1690. The summed E-state index contributed by atoms with van der Waals surface area (Å²) in [4.78, 5) is 35.0. The van der Waals surface area contributed by atoms with Crippen molar-refractivity contribution in [2.45, 2.75) is 31.1 Å². The number of anilines is 1. The number of rotatable bonds is 7. The number of aliphatic hydroxyl groups is 1. The van der Waals surface area contributed by atoms with Gasteiger partial charge in [0.25, 0.3) is 0 Å². The SMILES string of the molecule is Nc1ncnc2c1ncn2[C@@H]1O[C@@H]2COP(=O)(OCc3cc(=O)oc4cc(OCC(=O)O)ccc34)O[C@H]2[C@H]1O. The van der Waals surface area contributed by atoms with Crippen molar-refractivity contribution in [3.05, 3.63) is 52.9 Å². The fourth-order valence-corrected chi connectivity index (χ4v) is 5.78. The van der Waals surface area contributed by atoms with Gasteiger partial charge in [0.2, 0.25) is 0 Å². The number of imidazole rings is 1. The highest BCUT2D eigenvalue weighted by Crippen LogP contribution is 2.57. The van der Waals surface area contributed by atoms with Gasteiger partial charge in [-0.2, -0.15) is 0 Å². The normalized spacial score (nSPS) is 26.6. The lowest BCUT2D eigenvalue weighted by atomic mass is 10.1. The molecule has 4 aromatic rings. The third-order valence-electron chi connectivity index (χ3n) is 6.16. The van der Waals surface area contributed by atoms with Gasteiger partial charge >= 0.3 is 19.4 Å². The van der Waals surface area contributed by atoms with Crippen molar-refractivity contribution in [1.82, 2.24) is 19.5 Å². The maximum Gasteiger partial charge on any atom is 0.475 e. The van der Waals surface area contributed by atoms with E-state index in [1.807, 2.05) is 0 Å². The van der Waals surface area contributed by atoms with Crippen molar-refractivity contribution in [2.75, 3.05) is 18.9 Å². The second-order valence-corrected chi connectivity index (χ2v) is 10.3. The number of aliphatic hydroxyl groups excluding tert-OH is 1. The summed E-state index contributed by atoms with van der Waals surface area (Å²) in [5.74, 6) is -0.833. The van der Waals surface area contributed by atoms with Gasteiger partial charge in [-0.25, -0.2) is 29.1 Å². The summed E-state index contributed by atoms with van der Waals surface area (Å²) in [6.45, 7) is -1.15. The van der Waals surface area contributed by atoms with E-state index in [2.05, 4.69) is 15.0 Å². The van der Waals surface area contributed by atoms with Crippen LogP contribution in [0.25, 0.3) is 22.1 Å². The number of nitrogens with zero attached hydrogens (tertiary/aromatic N) is 4. The number of carboxylic acid groups (broad SMARTS) is 1. The van der Waals surface area contributed by atoms with Crippen LogP contribution in [0.5, 0.6) is 5.75 Å². The molecule has 2 aliphatic rings. The van der Waals surface area contributed by atoms with Crippen LogP contribution in [0.4, 0.5) is 5.82 Å².